The first kappa shape index (κ1) is 70.8. The minimum absolute atomic E-state index is 0.246. The van der Waals surface area contributed by atoms with Crippen molar-refractivity contribution in [3.8, 4) is 0 Å². The van der Waals surface area contributed by atoms with Gasteiger partial charge < -0.3 is 89.9 Å². The minimum atomic E-state index is -1.97. The Morgan fingerprint density at radius 2 is 0.808 bits per heavy atom. The zero-order valence-corrected chi connectivity index (χ0v) is 47.9. The van der Waals surface area contributed by atoms with Gasteiger partial charge in [0.25, 0.3) is 0 Å². The van der Waals surface area contributed by atoms with Crippen molar-refractivity contribution in [2.75, 3.05) is 26.4 Å². The lowest BCUT2D eigenvalue weighted by Crippen LogP contribution is -2.66. The molecule has 19 heteroatoms. The molecule has 0 aromatic rings. The van der Waals surface area contributed by atoms with E-state index in [0.29, 0.717) is 12.8 Å². The molecule has 0 spiro atoms. The van der Waals surface area contributed by atoms with Crippen LogP contribution in [-0.4, -0.2) is 193 Å². The Hall–Kier alpha value is -1.47. The average Bonchev–Trinajstić information content (AvgIpc) is 3.45. The molecular formula is C59H111NO18. The standard InChI is InChI=1S/C59H111NO18/c1-3-5-7-9-11-13-15-17-19-21-23-25-27-29-31-33-35-37-47(65)60-42(43(64)36-34-32-30-28-26-24-22-20-18-16-14-12-10-8-6-4-2)41-73-57-53(71)50(68)55(45(39-62)75-57)78-59-54(72)51(69)56(46(40-63)76-59)77-58-52(70)49(67)48(66)44(38-61)74-58/h17,19,42-46,48-59,61-64,66-72H,3-16,18,20-41H2,1-2H3,(H,60,65)/b19-17-. The summed E-state index contributed by atoms with van der Waals surface area (Å²) in [4.78, 5) is 13.3. The van der Waals surface area contributed by atoms with Crippen LogP contribution in [0.1, 0.15) is 226 Å². The molecule has 0 aliphatic carbocycles. The van der Waals surface area contributed by atoms with Crippen molar-refractivity contribution in [2.45, 2.75) is 330 Å². The molecule has 17 unspecified atom stereocenters. The van der Waals surface area contributed by atoms with E-state index in [0.717, 1.165) is 57.8 Å². The van der Waals surface area contributed by atoms with Gasteiger partial charge in [-0.1, -0.05) is 193 Å². The van der Waals surface area contributed by atoms with Gasteiger partial charge in [0.15, 0.2) is 18.9 Å². The molecule has 0 aromatic heterocycles. The Morgan fingerprint density at radius 3 is 1.24 bits per heavy atom. The Kier molecular flexibility index (Phi) is 39.2. The van der Waals surface area contributed by atoms with Gasteiger partial charge in [-0.2, -0.15) is 0 Å². The van der Waals surface area contributed by atoms with E-state index in [-0.39, 0.29) is 18.9 Å². The van der Waals surface area contributed by atoms with Crippen LogP contribution in [-0.2, 0) is 33.2 Å². The molecule has 3 saturated heterocycles. The van der Waals surface area contributed by atoms with Gasteiger partial charge in [-0.3, -0.25) is 4.79 Å². The van der Waals surface area contributed by atoms with Crippen LogP contribution >= 0.6 is 0 Å². The van der Waals surface area contributed by atoms with Crippen molar-refractivity contribution in [1.29, 1.82) is 0 Å². The Morgan fingerprint density at radius 1 is 0.449 bits per heavy atom. The van der Waals surface area contributed by atoms with Crippen LogP contribution in [0.4, 0.5) is 0 Å². The van der Waals surface area contributed by atoms with Gasteiger partial charge in [-0.15, -0.1) is 0 Å². The number of carbonyl (C=O) groups is 1. The maximum absolute atomic E-state index is 13.3. The number of aliphatic hydroxyl groups is 11. The predicted octanol–water partition coefficient (Wildman–Crippen LogP) is 5.77. The monoisotopic (exact) mass is 1120 g/mol. The van der Waals surface area contributed by atoms with Crippen molar-refractivity contribution in [1.82, 2.24) is 5.32 Å². The van der Waals surface area contributed by atoms with Gasteiger partial charge in [0.2, 0.25) is 5.91 Å². The third-order valence-corrected chi connectivity index (χ3v) is 15.8. The van der Waals surface area contributed by atoms with Crippen molar-refractivity contribution < 1.29 is 89.4 Å². The Bertz CT molecular complexity index is 1480. The zero-order valence-electron chi connectivity index (χ0n) is 47.9. The number of allylic oxidation sites excluding steroid dienone is 2. The maximum atomic E-state index is 13.3. The van der Waals surface area contributed by atoms with E-state index in [9.17, 15) is 61.0 Å². The van der Waals surface area contributed by atoms with Gasteiger partial charge in [0.05, 0.1) is 38.6 Å². The summed E-state index contributed by atoms with van der Waals surface area (Å²) >= 11 is 0. The SMILES string of the molecule is CCCCCCCC/C=C\CCCCCCCCCC(=O)NC(COC1OC(CO)C(OC2OC(CO)C(OC3OC(CO)C(O)C(O)C3O)C(O)C2O)C(O)C1O)C(O)CCCCCCCCCCCCCCCCCC. The summed E-state index contributed by atoms with van der Waals surface area (Å²) in [6.45, 7) is 1.79. The number of nitrogens with one attached hydrogen (secondary N) is 1. The number of hydrogen-bond acceptors (Lipinski definition) is 18. The quantitative estimate of drug-likeness (QED) is 0.0254. The summed E-state index contributed by atoms with van der Waals surface area (Å²) in [6.07, 6.45) is 15.7. The lowest BCUT2D eigenvalue weighted by Gasteiger charge is -2.48. The molecule has 0 bridgehead atoms. The highest BCUT2D eigenvalue weighted by Crippen LogP contribution is 2.33. The van der Waals surface area contributed by atoms with Crippen LogP contribution in [0.3, 0.4) is 0 Å². The van der Waals surface area contributed by atoms with Crippen molar-refractivity contribution in [3.63, 3.8) is 0 Å². The number of ether oxygens (including phenoxy) is 6. The summed E-state index contributed by atoms with van der Waals surface area (Å²) in [6, 6.07) is -0.885. The number of amides is 1. The lowest BCUT2D eigenvalue weighted by molar-refractivity contribution is -0.379. The summed E-state index contributed by atoms with van der Waals surface area (Å²) in [7, 11) is 0. The van der Waals surface area contributed by atoms with Crippen LogP contribution in [0.2, 0.25) is 0 Å². The molecule has 460 valence electrons. The van der Waals surface area contributed by atoms with Gasteiger partial charge in [-0.25, -0.2) is 0 Å². The van der Waals surface area contributed by atoms with Gasteiger partial charge in [0.1, 0.15) is 73.2 Å². The Balaban J connectivity index is 1.49. The molecular weight excluding hydrogens is 1010 g/mol. The molecule has 3 aliphatic heterocycles. The number of carbonyl (C=O) groups excluding carboxylic acids is 1. The van der Waals surface area contributed by atoms with E-state index in [2.05, 4.69) is 31.3 Å². The van der Waals surface area contributed by atoms with E-state index in [1.54, 1.807) is 0 Å². The predicted molar refractivity (Wildman–Crippen MR) is 296 cm³/mol. The molecule has 12 N–H and O–H groups in total. The first-order valence-electron chi connectivity index (χ1n) is 30.9. The highest BCUT2D eigenvalue weighted by atomic mass is 16.8. The average molecular weight is 1120 g/mol. The first-order chi connectivity index (χ1) is 37.8. The molecule has 1 amide bonds. The first-order valence-corrected chi connectivity index (χ1v) is 30.9. The smallest absolute Gasteiger partial charge is 0.220 e. The maximum Gasteiger partial charge on any atom is 0.220 e. The fourth-order valence-corrected chi connectivity index (χ4v) is 10.7. The van der Waals surface area contributed by atoms with Gasteiger partial charge >= 0.3 is 0 Å². The van der Waals surface area contributed by atoms with E-state index >= 15 is 0 Å². The molecule has 19 nitrogen and oxygen atoms in total. The molecule has 0 saturated carbocycles. The zero-order chi connectivity index (χ0) is 56.9. The second-order valence-electron chi connectivity index (χ2n) is 22.5. The fourth-order valence-electron chi connectivity index (χ4n) is 10.7. The number of hydrogen-bond donors (Lipinski definition) is 12. The van der Waals surface area contributed by atoms with Crippen molar-refractivity contribution >= 4 is 5.91 Å². The molecule has 0 aromatic carbocycles. The summed E-state index contributed by atoms with van der Waals surface area (Å²) < 4.78 is 34.3. The van der Waals surface area contributed by atoms with Gasteiger partial charge in [-0.05, 0) is 38.5 Å². The minimum Gasteiger partial charge on any atom is -0.394 e. The molecule has 78 heavy (non-hydrogen) atoms. The van der Waals surface area contributed by atoms with E-state index in [1.165, 1.54) is 135 Å². The number of aliphatic hydroxyl groups excluding tert-OH is 11. The molecule has 3 aliphatic rings. The fraction of sp³-hybridized carbons (Fsp3) is 0.949. The molecule has 0 radical (unpaired) electrons. The molecule has 3 rings (SSSR count). The lowest BCUT2D eigenvalue weighted by atomic mass is 9.96. The normalized spacial score (nSPS) is 30.5. The molecule has 3 heterocycles. The van der Waals surface area contributed by atoms with Crippen molar-refractivity contribution in [2.24, 2.45) is 0 Å². The largest absolute Gasteiger partial charge is 0.394 e. The van der Waals surface area contributed by atoms with Crippen LogP contribution < -0.4 is 5.32 Å². The van der Waals surface area contributed by atoms with Crippen molar-refractivity contribution in [3.05, 3.63) is 12.2 Å². The highest BCUT2D eigenvalue weighted by Gasteiger charge is 2.53. The highest BCUT2D eigenvalue weighted by molar-refractivity contribution is 5.76. The number of unbranched alkanes of at least 4 members (excludes halogenated alkanes) is 28. The second-order valence-corrected chi connectivity index (χ2v) is 22.5. The van der Waals surface area contributed by atoms with Crippen LogP contribution in [0, 0.1) is 0 Å². The summed E-state index contributed by atoms with van der Waals surface area (Å²) in [5, 5.41) is 120. The van der Waals surface area contributed by atoms with E-state index < -0.39 is 124 Å². The van der Waals surface area contributed by atoms with Gasteiger partial charge in [0, 0.05) is 6.42 Å². The number of rotatable bonds is 46. The molecule has 17 atom stereocenters. The Labute approximate surface area is 467 Å². The van der Waals surface area contributed by atoms with Crippen LogP contribution in [0.15, 0.2) is 12.2 Å². The van der Waals surface area contributed by atoms with E-state index in [4.69, 9.17) is 28.4 Å². The summed E-state index contributed by atoms with van der Waals surface area (Å²) in [5.74, 6) is -0.246. The molecule has 3 fully saturated rings. The van der Waals surface area contributed by atoms with E-state index in [1.807, 2.05) is 0 Å². The topological polar surface area (TPSA) is 307 Å². The van der Waals surface area contributed by atoms with Crippen LogP contribution in [0.25, 0.3) is 0 Å². The van der Waals surface area contributed by atoms with Crippen LogP contribution in [0.5, 0.6) is 0 Å². The third kappa shape index (κ3) is 26.8. The summed E-state index contributed by atoms with van der Waals surface area (Å²) in [5.41, 5.74) is 0. The third-order valence-electron chi connectivity index (χ3n) is 15.8. The second kappa shape index (κ2) is 43.2.